The Kier molecular flexibility index (Phi) is 2.59. The number of anilines is 1. The van der Waals surface area contributed by atoms with Crippen LogP contribution in [0.5, 0.6) is 5.75 Å². The zero-order valence-corrected chi connectivity index (χ0v) is 8.14. The van der Waals surface area contributed by atoms with E-state index in [4.69, 9.17) is 14.9 Å². The molecule has 0 saturated heterocycles. The number of carbonyl (C=O) groups is 1. The summed E-state index contributed by atoms with van der Waals surface area (Å²) < 4.78 is 22.5. The molecule has 0 saturated carbocycles. The Bertz CT molecular complexity index is 521. The number of hydrogen-bond donors (Lipinski definition) is 1. The number of carbonyl (C=O) groups excluding carboxylic acids is 1. The van der Waals surface area contributed by atoms with Crippen LogP contribution in [0.1, 0.15) is 10.4 Å². The lowest BCUT2D eigenvalue weighted by Gasteiger charge is -2.02. The van der Waals surface area contributed by atoms with E-state index in [1.165, 1.54) is 30.5 Å². The molecule has 82 valence electrons. The third kappa shape index (κ3) is 2.03. The van der Waals surface area contributed by atoms with Gasteiger partial charge in [-0.25, -0.2) is 9.18 Å². The van der Waals surface area contributed by atoms with Crippen molar-refractivity contribution in [1.82, 2.24) is 0 Å². The van der Waals surface area contributed by atoms with Crippen molar-refractivity contribution in [2.45, 2.75) is 0 Å². The predicted octanol–water partition coefficient (Wildman–Crippen LogP) is 2.22. The summed E-state index contributed by atoms with van der Waals surface area (Å²) in [6.45, 7) is 0. The highest BCUT2D eigenvalue weighted by atomic mass is 19.1. The van der Waals surface area contributed by atoms with Crippen molar-refractivity contribution < 1.29 is 18.3 Å². The Morgan fingerprint density at radius 2 is 2.19 bits per heavy atom. The standard InChI is InChI=1S/C11H8FNO3/c12-7-2-1-3-8(6-7)16-11(14)9-4-5-15-10(9)13/h1-6H,13H2. The maximum absolute atomic E-state index is 12.8. The van der Waals surface area contributed by atoms with E-state index in [9.17, 15) is 9.18 Å². The van der Waals surface area contributed by atoms with Crippen molar-refractivity contribution in [3.05, 3.63) is 48.0 Å². The molecular formula is C11H8FNO3. The molecule has 0 spiro atoms. The molecule has 0 fully saturated rings. The second-order valence-corrected chi connectivity index (χ2v) is 3.05. The molecule has 0 amide bonds. The van der Waals surface area contributed by atoms with Gasteiger partial charge in [-0.1, -0.05) is 6.07 Å². The molecular weight excluding hydrogens is 213 g/mol. The van der Waals surface area contributed by atoms with Crippen molar-refractivity contribution in [3.63, 3.8) is 0 Å². The zero-order chi connectivity index (χ0) is 11.5. The number of hydrogen-bond acceptors (Lipinski definition) is 4. The van der Waals surface area contributed by atoms with Gasteiger partial charge < -0.3 is 14.9 Å². The van der Waals surface area contributed by atoms with Gasteiger partial charge >= 0.3 is 5.97 Å². The Morgan fingerprint density at radius 3 is 2.81 bits per heavy atom. The first-order chi connectivity index (χ1) is 7.66. The van der Waals surface area contributed by atoms with Gasteiger partial charge in [0.1, 0.15) is 17.1 Å². The maximum Gasteiger partial charge on any atom is 0.349 e. The molecule has 0 atom stereocenters. The molecule has 1 aromatic heterocycles. The fraction of sp³-hybridized carbons (Fsp3) is 0. The van der Waals surface area contributed by atoms with Gasteiger partial charge in [0, 0.05) is 6.07 Å². The molecule has 0 aliphatic carbocycles. The van der Waals surface area contributed by atoms with Crippen molar-refractivity contribution >= 4 is 11.9 Å². The number of esters is 1. The first-order valence-electron chi connectivity index (χ1n) is 4.47. The zero-order valence-electron chi connectivity index (χ0n) is 8.14. The molecule has 16 heavy (non-hydrogen) atoms. The Labute approximate surface area is 90.4 Å². The van der Waals surface area contributed by atoms with Gasteiger partial charge in [0.25, 0.3) is 0 Å². The van der Waals surface area contributed by atoms with Gasteiger partial charge in [-0.15, -0.1) is 0 Å². The van der Waals surface area contributed by atoms with Crippen LogP contribution >= 0.6 is 0 Å². The van der Waals surface area contributed by atoms with E-state index in [0.29, 0.717) is 0 Å². The summed E-state index contributed by atoms with van der Waals surface area (Å²) in [4.78, 5) is 11.5. The molecule has 2 aromatic rings. The molecule has 0 radical (unpaired) electrons. The van der Waals surface area contributed by atoms with Gasteiger partial charge in [-0.2, -0.15) is 0 Å². The molecule has 0 aliphatic heterocycles. The second kappa shape index (κ2) is 4.06. The van der Waals surface area contributed by atoms with E-state index in [1.807, 2.05) is 0 Å². The number of benzene rings is 1. The summed E-state index contributed by atoms with van der Waals surface area (Å²) in [5.74, 6) is -1.07. The number of furan rings is 1. The number of rotatable bonds is 2. The van der Waals surface area contributed by atoms with Crippen LogP contribution in [0.4, 0.5) is 10.3 Å². The molecule has 5 heteroatoms. The van der Waals surface area contributed by atoms with E-state index in [1.54, 1.807) is 0 Å². The lowest BCUT2D eigenvalue weighted by Crippen LogP contribution is -2.09. The van der Waals surface area contributed by atoms with E-state index in [-0.39, 0.29) is 17.2 Å². The van der Waals surface area contributed by atoms with Gasteiger partial charge in [0.2, 0.25) is 5.88 Å². The predicted molar refractivity (Wildman–Crippen MR) is 54.5 cm³/mol. The average molecular weight is 221 g/mol. The van der Waals surface area contributed by atoms with Crippen molar-refractivity contribution in [2.24, 2.45) is 0 Å². The molecule has 2 rings (SSSR count). The molecule has 4 nitrogen and oxygen atoms in total. The minimum Gasteiger partial charge on any atom is -0.448 e. The summed E-state index contributed by atoms with van der Waals surface area (Å²) in [6, 6.07) is 6.66. The van der Waals surface area contributed by atoms with Gasteiger partial charge in [0.05, 0.1) is 6.26 Å². The first kappa shape index (κ1) is 10.2. The molecule has 1 aromatic carbocycles. The maximum atomic E-state index is 12.8. The van der Waals surface area contributed by atoms with E-state index >= 15 is 0 Å². The molecule has 0 unspecified atom stereocenters. The quantitative estimate of drug-likeness (QED) is 0.623. The topological polar surface area (TPSA) is 65.5 Å². The van der Waals surface area contributed by atoms with Crippen LogP contribution in [0.2, 0.25) is 0 Å². The molecule has 0 aliphatic rings. The Morgan fingerprint density at radius 1 is 1.38 bits per heavy atom. The second-order valence-electron chi connectivity index (χ2n) is 3.05. The summed E-state index contributed by atoms with van der Waals surface area (Å²) in [5.41, 5.74) is 5.50. The third-order valence-electron chi connectivity index (χ3n) is 1.92. The lowest BCUT2D eigenvalue weighted by molar-refractivity contribution is 0.0735. The summed E-state index contributed by atoms with van der Waals surface area (Å²) in [7, 11) is 0. The third-order valence-corrected chi connectivity index (χ3v) is 1.92. The number of halogens is 1. The SMILES string of the molecule is Nc1occc1C(=O)Oc1cccc(F)c1. The van der Waals surface area contributed by atoms with Crippen molar-refractivity contribution in [1.29, 1.82) is 0 Å². The lowest BCUT2D eigenvalue weighted by atomic mass is 10.3. The van der Waals surface area contributed by atoms with E-state index < -0.39 is 11.8 Å². The van der Waals surface area contributed by atoms with E-state index in [0.717, 1.165) is 6.07 Å². The monoisotopic (exact) mass is 221 g/mol. The highest BCUT2D eigenvalue weighted by Crippen LogP contribution is 2.17. The molecule has 2 N–H and O–H groups in total. The van der Waals surface area contributed by atoms with Crippen molar-refractivity contribution in [2.75, 3.05) is 5.73 Å². The first-order valence-corrected chi connectivity index (χ1v) is 4.47. The van der Waals surface area contributed by atoms with Crippen molar-refractivity contribution in [3.8, 4) is 5.75 Å². The Hall–Kier alpha value is -2.30. The minimum absolute atomic E-state index is 0.0265. The van der Waals surface area contributed by atoms with Crippen LogP contribution in [0.25, 0.3) is 0 Å². The largest absolute Gasteiger partial charge is 0.448 e. The summed E-state index contributed by atoms with van der Waals surface area (Å²) in [5, 5.41) is 0. The van der Waals surface area contributed by atoms with E-state index in [2.05, 4.69) is 0 Å². The Balaban J connectivity index is 2.17. The van der Waals surface area contributed by atoms with Crippen LogP contribution in [0.3, 0.4) is 0 Å². The van der Waals surface area contributed by atoms with Crippen LogP contribution in [0.15, 0.2) is 41.0 Å². The highest BCUT2D eigenvalue weighted by Gasteiger charge is 2.14. The fourth-order valence-corrected chi connectivity index (χ4v) is 1.18. The van der Waals surface area contributed by atoms with Gasteiger partial charge in [-0.05, 0) is 18.2 Å². The summed E-state index contributed by atoms with van der Waals surface area (Å²) >= 11 is 0. The number of nitrogen functional groups attached to an aromatic ring is 1. The molecule has 0 bridgehead atoms. The van der Waals surface area contributed by atoms with Crippen LogP contribution < -0.4 is 10.5 Å². The highest BCUT2D eigenvalue weighted by molar-refractivity contribution is 5.95. The molecule has 1 heterocycles. The fourth-order valence-electron chi connectivity index (χ4n) is 1.18. The smallest absolute Gasteiger partial charge is 0.349 e. The number of ether oxygens (including phenoxy) is 1. The number of nitrogens with two attached hydrogens (primary N) is 1. The van der Waals surface area contributed by atoms with Crippen LogP contribution in [-0.2, 0) is 0 Å². The average Bonchev–Trinajstić information content (AvgIpc) is 2.64. The van der Waals surface area contributed by atoms with Gasteiger partial charge in [-0.3, -0.25) is 0 Å². The van der Waals surface area contributed by atoms with Crippen LogP contribution in [-0.4, -0.2) is 5.97 Å². The normalized spacial score (nSPS) is 10.1. The minimum atomic E-state index is -0.683. The van der Waals surface area contributed by atoms with Crippen LogP contribution in [0, 0.1) is 5.82 Å². The van der Waals surface area contributed by atoms with Gasteiger partial charge in [0.15, 0.2) is 0 Å². The summed E-state index contributed by atoms with van der Waals surface area (Å²) in [6.07, 6.45) is 1.28.